The summed E-state index contributed by atoms with van der Waals surface area (Å²) in [5.41, 5.74) is 1.21. The third-order valence-electron chi connectivity index (χ3n) is 4.16. The molecule has 2 rings (SSSR count). The van der Waals surface area contributed by atoms with Gasteiger partial charge in [0.05, 0.1) is 0 Å². The van der Waals surface area contributed by atoms with E-state index in [9.17, 15) is 4.79 Å². The lowest BCUT2D eigenvalue weighted by atomic mass is 10.0. The molecule has 0 saturated carbocycles. The number of benzene rings is 1. The predicted octanol–water partition coefficient (Wildman–Crippen LogP) is 2.48. The summed E-state index contributed by atoms with van der Waals surface area (Å²) in [6.07, 6.45) is 4.36. The molecule has 23 heavy (non-hydrogen) atoms. The van der Waals surface area contributed by atoms with Crippen molar-refractivity contribution in [2.45, 2.75) is 45.1 Å². The molecular formula is C18H27N3OS. The second-order valence-electron chi connectivity index (χ2n) is 6.05. The molecule has 0 unspecified atom stereocenters. The Morgan fingerprint density at radius 1 is 1.26 bits per heavy atom. The number of nitrogens with one attached hydrogen (secondary N) is 2. The highest BCUT2D eigenvalue weighted by Gasteiger charge is 2.21. The van der Waals surface area contributed by atoms with Crippen molar-refractivity contribution in [3.63, 3.8) is 0 Å². The van der Waals surface area contributed by atoms with Crippen molar-refractivity contribution < 1.29 is 4.79 Å². The average molecular weight is 334 g/mol. The molecule has 1 aliphatic heterocycles. The summed E-state index contributed by atoms with van der Waals surface area (Å²) in [5.74, 6) is 0.152. The first-order valence-corrected chi connectivity index (χ1v) is 8.96. The lowest BCUT2D eigenvalue weighted by Crippen LogP contribution is -2.49. The van der Waals surface area contributed by atoms with E-state index in [0.717, 1.165) is 50.4 Å². The maximum atomic E-state index is 12.1. The Morgan fingerprint density at radius 3 is 2.61 bits per heavy atom. The van der Waals surface area contributed by atoms with Gasteiger partial charge in [0.15, 0.2) is 5.11 Å². The quantitative estimate of drug-likeness (QED) is 0.785. The second-order valence-corrected chi connectivity index (χ2v) is 6.43. The van der Waals surface area contributed by atoms with Crippen LogP contribution in [0.5, 0.6) is 0 Å². The predicted molar refractivity (Wildman–Crippen MR) is 98.4 cm³/mol. The summed E-state index contributed by atoms with van der Waals surface area (Å²) in [5, 5.41) is 7.28. The Morgan fingerprint density at radius 2 is 1.96 bits per heavy atom. The van der Waals surface area contributed by atoms with Crippen LogP contribution < -0.4 is 10.6 Å². The van der Waals surface area contributed by atoms with Crippen LogP contribution in [0, 0.1) is 0 Å². The SMILES string of the molecule is CCCNC(=S)N1CCC(NC(=O)CCc2ccccc2)CC1. The molecule has 1 fully saturated rings. The number of piperidine rings is 1. The molecule has 0 spiro atoms. The fourth-order valence-electron chi connectivity index (χ4n) is 2.77. The van der Waals surface area contributed by atoms with Crippen LogP contribution in [0.1, 0.15) is 38.2 Å². The minimum absolute atomic E-state index is 0.152. The van der Waals surface area contributed by atoms with E-state index >= 15 is 0 Å². The van der Waals surface area contributed by atoms with E-state index in [-0.39, 0.29) is 11.9 Å². The molecule has 1 aliphatic rings. The molecule has 1 aromatic carbocycles. The maximum Gasteiger partial charge on any atom is 0.220 e. The number of rotatable bonds is 6. The molecule has 0 aliphatic carbocycles. The maximum absolute atomic E-state index is 12.1. The van der Waals surface area contributed by atoms with Gasteiger partial charge < -0.3 is 15.5 Å². The Hall–Kier alpha value is -1.62. The number of carbonyl (C=O) groups excluding carboxylic acids is 1. The zero-order chi connectivity index (χ0) is 16.5. The van der Waals surface area contributed by atoms with Gasteiger partial charge in [0, 0.05) is 32.1 Å². The van der Waals surface area contributed by atoms with Gasteiger partial charge in [0.1, 0.15) is 0 Å². The molecule has 4 nitrogen and oxygen atoms in total. The fraction of sp³-hybridized carbons (Fsp3) is 0.556. The number of nitrogens with zero attached hydrogens (tertiary/aromatic N) is 1. The van der Waals surface area contributed by atoms with Gasteiger partial charge in [-0.15, -0.1) is 0 Å². The summed E-state index contributed by atoms with van der Waals surface area (Å²) in [6, 6.07) is 10.4. The van der Waals surface area contributed by atoms with Crippen LogP contribution in [-0.4, -0.2) is 41.6 Å². The lowest BCUT2D eigenvalue weighted by Gasteiger charge is -2.34. The van der Waals surface area contributed by atoms with Gasteiger partial charge in [0.25, 0.3) is 0 Å². The van der Waals surface area contributed by atoms with Gasteiger partial charge in [-0.2, -0.15) is 0 Å². The van der Waals surface area contributed by atoms with Gasteiger partial charge in [-0.05, 0) is 43.5 Å². The third kappa shape index (κ3) is 6.18. The van der Waals surface area contributed by atoms with Crippen molar-refractivity contribution in [2.75, 3.05) is 19.6 Å². The van der Waals surface area contributed by atoms with Crippen molar-refractivity contribution in [2.24, 2.45) is 0 Å². The molecule has 1 amide bonds. The molecule has 0 atom stereocenters. The molecule has 1 heterocycles. The van der Waals surface area contributed by atoms with Gasteiger partial charge >= 0.3 is 0 Å². The number of hydrogen-bond acceptors (Lipinski definition) is 2. The van der Waals surface area contributed by atoms with E-state index in [1.165, 1.54) is 5.56 Å². The zero-order valence-electron chi connectivity index (χ0n) is 13.9. The molecule has 0 aromatic heterocycles. The number of aryl methyl sites for hydroxylation is 1. The van der Waals surface area contributed by atoms with E-state index in [0.29, 0.717) is 6.42 Å². The van der Waals surface area contributed by atoms with Crippen molar-refractivity contribution in [1.29, 1.82) is 0 Å². The van der Waals surface area contributed by atoms with E-state index in [4.69, 9.17) is 12.2 Å². The van der Waals surface area contributed by atoms with Crippen molar-refractivity contribution >= 4 is 23.2 Å². The summed E-state index contributed by atoms with van der Waals surface area (Å²) >= 11 is 5.39. The molecule has 0 bridgehead atoms. The number of carbonyl (C=O) groups is 1. The van der Waals surface area contributed by atoms with E-state index in [2.05, 4.69) is 34.6 Å². The Labute approximate surface area is 144 Å². The minimum atomic E-state index is 0.152. The van der Waals surface area contributed by atoms with Crippen LogP contribution in [0.25, 0.3) is 0 Å². The van der Waals surface area contributed by atoms with Crippen LogP contribution in [0.15, 0.2) is 30.3 Å². The van der Waals surface area contributed by atoms with Crippen LogP contribution in [0.2, 0.25) is 0 Å². The molecule has 0 radical (unpaired) electrons. The standard InChI is InChI=1S/C18H27N3OS/c1-2-12-19-18(23)21-13-10-16(11-14-21)20-17(22)9-8-15-6-4-3-5-7-15/h3-7,16H,2,8-14H2,1H3,(H,19,23)(H,20,22). The first-order valence-electron chi connectivity index (χ1n) is 8.55. The van der Waals surface area contributed by atoms with Crippen LogP contribution in [-0.2, 0) is 11.2 Å². The zero-order valence-corrected chi connectivity index (χ0v) is 14.7. The summed E-state index contributed by atoms with van der Waals surface area (Å²) in [4.78, 5) is 14.3. The molecular weight excluding hydrogens is 306 g/mol. The fourth-order valence-corrected chi connectivity index (χ4v) is 3.06. The van der Waals surface area contributed by atoms with Crippen molar-refractivity contribution in [3.8, 4) is 0 Å². The van der Waals surface area contributed by atoms with Crippen molar-refractivity contribution in [3.05, 3.63) is 35.9 Å². The van der Waals surface area contributed by atoms with Gasteiger partial charge in [-0.25, -0.2) is 0 Å². The number of thiocarbonyl (C=S) groups is 1. The third-order valence-corrected chi connectivity index (χ3v) is 4.56. The Kier molecular flexibility index (Phi) is 7.33. The molecule has 5 heteroatoms. The van der Waals surface area contributed by atoms with Crippen LogP contribution in [0.4, 0.5) is 0 Å². The lowest BCUT2D eigenvalue weighted by molar-refractivity contribution is -0.122. The van der Waals surface area contributed by atoms with E-state index in [1.807, 2.05) is 18.2 Å². The topological polar surface area (TPSA) is 44.4 Å². The number of hydrogen-bond donors (Lipinski definition) is 2. The number of amides is 1. The smallest absolute Gasteiger partial charge is 0.220 e. The monoisotopic (exact) mass is 333 g/mol. The Balaban J connectivity index is 1.65. The normalized spacial score (nSPS) is 15.3. The largest absolute Gasteiger partial charge is 0.363 e. The van der Waals surface area contributed by atoms with Crippen LogP contribution >= 0.6 is 12.2 Å². The van der Waals surface area contributed by atoms with Gasteiger partial charge in [0.2, 0.25) is 5.91 Å². The molecule has 1 saturated heterocycles. The molecule has 1 aromatic rings. The van der Waals surface area contributed by atoms with Crippen LogP contribution in [0.3, 0.4) is 0 Å². The van der Waals surface area contributed by atoms with E-state index in [1.54, 1.807) is 0 Å². The van der Waals surface area contributed by atoms with Gasteiger partial charge in [-0.3, -0.25) is 4.79 Å². The minimum Gasteiger partial charge on any atom is -0.363 e. The highest BCUT2D eigenvalue weighted by molar-refractivity contribution is 7.80. The summed E-state index contributed by atoms with van der Waals surface area (Å²) in [7, 11) is 0. The number of likely N-dealkylation sites (tertiary alicyclic amines) is 1. The van der Waals surface area contributed by atoms with Gasteiger partial charge in [-0.1, -0.05) is 37.3 Å². The highest BCUT2D eigenvalue weighted by Crippen LogP contribution is 2.11. The Bertz CT molecular complexity index is 498. The average Bonchev–Trinajstić information content (AvgIpc) is 2.59. The first kappa shape index (κ1) is 17.7. The van der Waals surface area contributed by atoms with E-state index < -0.39 is 0 Å². The highest BCUT2D eigenvalue weighted by atomic mass is 32.1. The summed E-state index contributed by atoms with van der Waals surface area (Å²) < 4.78 is 0. The second kappa shape index (κ2) is 9.50. The molecule has 126 valence electrons. The van der Waals surface area contributed by atoms with Crippen molar-refractivity contribution in [1.82, 2.24) is 15.5 Å². The molecule has 2 N–H and O–H groups in total. The first-order chi connectivity index (χ1) is 11.2. The summed E-state index contributed by atoms with van der Waals surface area (Å²) in [6.45, 7) is 4.89.